The Morgan fingerprint density at radius 2 is 1.33 bits per heavy atom. The summed E-state index contributed by atoms with van der Waals surface area (Å²) in [5, 5.41) is 8.37. The Morgan fingerprint density at radius 1 is 0.972 bits per heavy atom. The fourth-order valence-electron chi connectivity index (χ4n) is 2.17. The highest BCUT2D eigenvalue weighted by molar-refractivity contribution is 6.32. The number of carbonyl (C=O) groups is 2. The van der Waals surface area contributed by atoms with Crippen molar-refractivity contribution in [1.29, 1.82) is 11.1 Å². The molecule has 0 bridgehead atoms. The van der Waals surface area contributed by atoms with Crippen LogP contribution in [0.4, 0.5) is 0 Å². The molecule has 13 heteroatoms. The molecule has 1 amide bonds. The van der Waals surface area contributed by atoms with Crippen LogP contribution in [0.25, 0.3) is 0 Å². The first-order chi connectivity index (χ1) is 16.5. The number of carbonyl (C=O) groups excluding carboxylic acids is 2. The van der Waals surface area contributed by atoms with E-state index in [0.717, 1.165) is 0 Å². The number of methoxy groups -OCH3 is 1. The van der Waals surface area contributed by atoms with E-state index in [9.17, 15) is 9.59 Å². The molecule has 0 atom stereocenters. The second-order valence-corrected chi connectivity index (χ2v) is 7.72. The van der Waals surface area contributed by atoms with Crippen LogP contribution in [-0.4, -0.2) is 48.4 Å². The molecule has 0 saturated heterocycles. The van der Waals surface area contributed by atoms with Gasteiger partial charge in [0.2, 0.25) is 0 Å². The topological polar surface area (TPSA) is 199 Å². The molecule has 0 fully saturated rings. The van der Waals surface area contributed by atoms with Crippen LogP contribution in [0.5, 0.6) is 11.5 Å². The zero-order valence-electron chi connectivity index (χ0n) is 21.1. The number of nitrogen functional groups attached to an aromatic ring is 1. The van der Waals surface area contributed by atoms with Gasteiger partial charge < -0.3 is 24.8 Å². The van der Waals surface area contributed by atoms with Gasteiger partial charge >= 0.3 is 5.97 Å². The van der Waals surface area contributed by atoms with E-state index in [1.807, 2.05) is 33.1 Å². The van der Waals surface area contributed by atoms with Gasteiger partial charge in [-0.2, -0.15) is 0 Å². The number of nitrogens with two attached hydrogens (primary N) is 1. The van der Waals surface area contributed by atoms with Gasteiger partial charge in [0.15, 0.2) is 0 Å². The zero-order valence-corrected chi connectivity index (χ0v) is 22.7. The molecule has 2 aromatic carbocycles. The van der Waals surface area contributed by atoms with Gasteiger partial charge in [-0.3, -0.25) is 10.2 Å². The minimum atomic E-state index is -0.409. The SMILES string of the molecule is CC(C)Oc1ccc(C(=O)NN)cc1Cl.CCO.COC(=O)c1ccc(OC(C)C)c(Cl)c1.N=N.O.[HH]. The Morgan fingerprint density at radius 3 is 1.64 bits per heavy atom. The highest BCUT2D eigenvalue weighted by atomic mass is 35.5. The summed E-state index contributed by atoms with van der Waals surface area (Å²) in [7, 11) is 1.33. The van der Waals surface area contributed by atoms with E-state index in [2.05, 4.69) is 4.74 Å². The van der Waals surface area contributed by atoms with Crippen molar-refractivity contribution in [1.82, 2.24) is 5.43 Å². The van der Waals surface area contributed by atoms with Gasteiger partial charge in [0.25, 0.3) is 5.91 Å². The van der Waals surface area contributed by atoms with E-state index in [4.69, 9.17) is 54.7 Å². The molecule has 0 heterocycles. The van der Waals surface area contributed by atoms with Gasteiger partial charge in [0.1, 0.15) is 11.5 Å². The van der Waals surface area contributed by atoms with Crippen molar-refractivity contribution in [2.75, 3.05) is 13.7 Å². The molecule has 0 saturated carbocycles. The maximum Gasteiger partial charge on any atom is 0.337 e. The predicted molar refractivity (Wildman–Crippen MR) is 141 cm³/mol. The van der Waals surface area contributed by atoms with E-state index >= 15 is 0 Å². The first kappa shape index (κ1) is 37.6. The van der Waals surface area contributed by atoms with Gasteiger partial charge in [0, 0.05) is 13.6 Å². The van der Waals surface area contributed by atoms with Gasteiger partial charge in [0.05, 0.1) is 34.9 Å². The van der Waals surface area contributed by atoms with Crippen LogP contribution < -0.4 is 20.7 Å². The third-order valence-corrected chi connectivity index (χ3v) is 3.99. The summed E-state index contributed by atoms with van der Waals surface area (Å²) in [5.74, 6) is 5.33. The van der Waals surface area contributed by atoms with Crippen molar-refractivity contribution >= 4 is 35.1 Å². The van der Waals surface area contributed by atoms with Crippen molar-refractivity contribution in [2.45, 2.75) is 46.8 Å². The number of hydrogen-bond acceptors (Lipinski definition) is 9. The van der Waals surface area contributed by atoms with Crippen LogP contribution in [-0.2, 0) is 4.74 Å². The molecule has 2 aromatic rings. The fourth-order valence-corrected chi connectivity index (χ4v) is 2.62. The Balaban J connectivity index is -0.000000239. The Bertz CT molecular complexity index is 851. The molecule has 0 spiro atoms. The van der Waals surface area contributed by atoms with Crippen molar-refractivity contribution in [2.24, 2.45) is 5.84 Å². The van der Waals surface area contributed by atoms with E-state index in [1.165, 1.54) is 19.2 Å². The van der Waals surface area contributed by atoms with Crippen LogP contribution in [0.1, 0.15) is 56.8 Å². The number of aliphatic hydroxyl groups excluding tert-OH is 1. The predicted octanol–water partition coefficient (Wildman–Crippen LogP) is 4.66. The Hall–Kier alpha value is -2.96. The molecular weight excluding hydrogens is 515 g/mol. The van der Waals surface area contributed by atoms with Crippen LogP contribution >= 0.6 is 23.2 Å². The molecule has 2 rings (SSSR count). The van der Waals surface area contributed by atoms with E-state index in [1.54, 1.807) is 31.2 Å². The van der Waals surface area contributed by atoms with Crippen LogP contribution in [0.2, 0.25) is 10.0 Å². The molecule has 0 unspecified atom stereocenters. The number of nitrogens with one attached hydrogen (secondary N) is 3. The number of ether oxygens (including phenoxy) is 3. The lowest BCUT2D eigenvalue weighted by Gasteiger charge is -2.11. The quantitative estimate of drug-likeness (QED) is 0.113. The smallest absolute Gasteiger partial charge is 0.337 e. The fraction of sp³-hybridized carbons (Fsp3) is 0.391. The Kier molecular flexibility index (Phi) is 22.3. The summed E-state index contributed by atoms with van der Waals surface area (Å²) in [4.78, 5) is 22.3. The zero-order chi connectivity index (χ0) is 27.6. The minimum absolute atomic E-state index is 0. The minimum Gasteiger partial charge on any atom is -0.489 e. The first-order valence-electron chi connectivity index (χ1n) is 10.4. The standard InChI is InChI=1S/C11H13ClO3.C10H13ClN2O2.C2H6O.H2N2.H2O.H2/c1-7(2)15-10-5-4-8(6-9(10)12)11(13)14-3;1-6(2)15-9-4-3-7(5-8(9)11)10(14)13-12;1-2-3;1-2;;/h4-7H,1-3H3;3-6H,12H2,1-2H3,(H,13,14);3H,2H2,1H3;1-2H;1H2;1H. The number of hydrazine groups is 1. The van der Waals surface area contributed by atoms with Crippen molar-refractivity contribution in [3.63, 3.8) is 0 Å². The average Bonchev–Trinajstić information content (AvgIpc) is 2.82. The van der Waals surface area contributed by atoms with Gasteiger partial charge in [-0.15, -0.1) is 0 Å². The third kappa shape index (κ3) is 15.1. The molecule has 36 heavy (non-hydrogen) atoms. The molecule has 0 aliphatic heterocycles. The van der Waals surface area contributed by atoms with E-state index < -0.39 is 5.97 Å². The summed E-state index contributed by atoms with van der Waals surface area (Å²) < 4.78 is 15.4. The van der Waals surface area contributed by atoms with E-state index in [0.29, 0.717) is 32.7 Å². The highest BCUT2D eigenvalue weighted by Gasteiger charge is 2.10. The summed E-state index contributed by atoms with van der Waals surface area (Å²) in [6, 6.07) is 9.58. The van der Waals surface area contributed by atoms with E-state index in [-0.39, 0.29) is 31.6 Å². The summed E-state index contributed by atoms with van der Waals surface area (Å²) in [6.45, 7) is 9.54. The summed E-state index contributed by atoms with van der Waals surface area (Å²) in [5.41, 5.74) is 12.8. The molecule has 206 valence electrons. The molecule has 0 aliphatic rings. The molecule has 0 radical (unpaired) electrons. The second kappa shape index (κ2) is 21.3. The number of halogens is 2. The number of rotatable bonds is 6. The van der Waals surface area contributed by atoms with Crippen LogP contribution in [0.3, 0.4) is 0 Å². The second-order valence-electron chi connectivity index (χ2n) is 6.90. The summed E-state index contributed by atoms with van der Waals surface area (Å²) >= 11 is 11.9. The maximum atomic E-state index is 11.2. The molecule has 8 N–H and O–H groups in total. The molecular formula is C23H38Cl2N4O7. The van der Waals surface area contributed by atoms with Crippen LogP contribution in [0.15, 0.2) is 36.4 Å². The highest BCUT2D eigenvalue weighted by Crippen LogP contribution is 2.27. The normalized spacial score (nSPS) is 9.11. The molecule has 0 aromatic heterocycles. The number of aliphatic hydroxyl groups is 1. The van der Waals surface area contributed by atoms with Gasteiger partial charge in [-0.1, -0.05) is 23.2 Å². The first-order valence-corrected chi connectivity index (χ1v) is 11.1. The van der Waals surface area contributed by atoms with Crippen molar-refractivity contribution < 1.29 is 35.8 Å². The number of benzene rings is 2. The largest absolute Gasteiger partial charge is 0.489 e. The number of amides is 1. The lowest BCUT2D eigenvalue weighted by molar-refractivity contribution is 0.0600. The summed E-state index contributed by atoms with van der Waals surface area (Å²) in [6.07, 6.45) is 0.0863. The molecule has 11 nitrogen and oxygen atoms in total. The monoisotopic (exact) mass is 552 g/mol. The third-order valence-electron chi connectivity index (χ3n) is 3.40. The average molecular weight is 553 g/mol. The lowest BCUT2D eigenvalue weighted by atomic mass is 10.2. The molecule has 0 aliphatic carbocycles. The van der Waals surface area contributed by atoms with Crippen molar-refractivity contribution in [3.05, 3.63) is 57.6 Å². The van der Waals surface area contributed by atoms with Crippen LogP contribution in [0, 0.1) is 11.1 Å². The number of hydrogen-bond donors (Lipinski definition) is 5. The van der Waals surface area contributed by atoms with Gasteiger partial charge in [-0.05, 0) is 71.0 Å². The van der Waals surface area contributed by atoms with Crippen molar-refractivity contribution in [3.8, 4) is 11.5 Å². The maximum absolute atomic E-state index is 11.2. The number of esters is 1. The van der Waals surface area contributed by atoms with Gasteiger partial charge in [-0.25, -0.2) is 21.7 Å². The lowest BCUT2D eigenvalue weighted by Crippen LogP contribution is -2.29. The Labute approximate surface area is 222 Å².